The van der Waals surface area contributed by atoms with Crippen molar-refractivity contribution in [3.05, 3.63) is 0 Å². The van der Waals surface area contributed by atoms with Gasteiger partial charge in [-0.05, 0) is 104 Å². The fourth-order valence-electron chi connectivity index (χ4n) is 9.59. The second-order valence-electron chi connectivity index (χ2n) is 12.3. The summed E-state index contributed by atoms with van der Waals surface area (Å²) in [5.74, 6) is 2.32. The van der Waals surface area contributed by atoms with Gasteiger partial charge in [-0.1, -0.05) is 34.1 Å². The summed E-state index contributed by atoms with van der Waals surface area (Å²) in [4.78, 5) is 0. The number of fused-ring (bicyclic) bond motifs is 5. The van der Waals surface area contributed by atoms with E-state index >= 15 is 0 Å². The monoisotopic (exact) mass is 422 g/mol. The van der Waals surface area contributed by atoms with Crippen molar-refractivity contribution in [2.45, 2.75) is 110 Å². The standard InChI is InChI=1S/C26H46O4/c1-6-17-20-12-16(28)9-10-25(20,4)21-13-22(29)26(5)18(14(2)11-15(3)27)7-8-19(26)23(21)24(17)30/h14-24,27-30H,6-13H2,1-5H3/t14-,15-,16-,17-,18-,19?,20+,21?,22+,23+,24-,25+,26-/m1/s1. The van der Waals surface area contributed by atoms with E-state index in [0.717, 1.165) is 51.4 Å². The molecule has 4 aliphatic rings. The van der Waals surface area contributed by atoms with Gasteiger partial charge < -0.3 is 20.4 Å². The smallest absolute Gasteiger partial charge is 0.0605 e. The van der Waals surface area contributed by atoms with Crippen LogP contribution in [-0.4, -0.2) is 44.8 Å². The predicted molar refractivity (Wildman–Crippen MR) is 119 cm³/mol. The Morgan fingerprint density at radius 3 is 2.27 bits per heavy atom. The second kappa shape index (κ2) is 8.01. The molecule has 0 aliphatic heterocycles. The van der Waals surface area contributed by atoms with Gasteiger partial charge in [-0.3, -0.25) is 0 Å². The normalized spacial score (nSPS) is 55.3. The molecule has 0 heterocycles. The summed E-state index contributed by atoms with van der Waals surface area (Å²) in [7, 11) is 0. The van der Waals surface area contributed by atoms with E-state index in [1.807, 2.05) is 6.92 Å². The van der Waals surface area contributed by atoms with Gasteiger partial charge in [0.05, 0.1) is 24.4 Å². The molecule has 4 heteroatoms. The SMILES string of the molecule is CC[C@H]1[C@@H](O)[C@H]2C3CC[C@H]([C@H](C)C[C@@H](C)O)[C@@]3(C)[C@@H](O)CC2[C@@]2(C)CC[C@@H](O)C[C@@H]12. The molecule has 4 saturated carbocycles. The van der Waals surface area contributed by atoms with E-state index in [2.05, 4.69) is 27.7 Å². The third-order valence-electron chi connectivity index (χ3n) is 11.0. The van der Waals surface area contributed by atoms with Crippen LogP contribution in [0.4, 0.5) is 0 Å². The van der Waals surface area contributed by atoms with E-state index < -0.39 is 0 Å². The van der Waals surface area contributed by atoms with Crippen molar-refractivity contribution in [1.29, 1.82) is 0 Å². The molecule has 4 fully saturated rings. The van der Waals surface area contributed by atoms with Crippen LogP contribution in [0.3, 0.4) is 0 Å². The summed E-state index contributed by atoms with van der Waals surface area (Å²) in [6, 6.07) is 0. The van der Waals surface area contributed by atoms with Gasteiger partial charge in [0.15, 0.2) is 0 Å². The minimum Gasteiger partial charge on any atom is -0.393 e. The molecule has 2 unspecified atom stereocenters. The first-order valence-corrected chi connectivity index (χ1v) is 12.8. The van der Waals surface area contributed by atoms with Crippen molar-refractivity contribution in [3.8, 4) is 0 Å². The van der Waals surface area contributed by atoms with Crippen molar-refractivity contribution in [2.24, 2.45) is 52.3 Å². The summed E-state index contributed by atoms with van der Waals surface area (Å²) in [5, 5.41) is 43.7. The highest BCUT2D eigenvalue weighted by atomic mass is 16.3. The van der Waals surface area contributed by atoms with Gasteiger partial charge in [-0.25, -0.2) is 0 Å². The summed E-state index contributed by atoms with van der Waals surface area (Å²) < 4.78 is 0. The zero-order valence-electron chi connectivity index (χ0n) is 19.8. The summed E-state index contributed by atoms with van der Waals surface area (Å²) in [6.45, 7) is 11.0. The molecule has 4 N–H and O–H groups in total. The second-order valence-corrected chi connectivity index (χ2v) is 12.3. The topological polar surface area (TPSA) is 80.9 Å². The molecule has 30 heavy (non-hydrogen) atoms. The van der Waals surface area contributed by atoms with Crippen LogP contribution in [-0.2, 0) is 0 Å². The maximum atomic E-state index is 11.7. The Bertz CT molecular complexity index is 622. The largest absolute Gasteiger partial charge is 0.393 e. The van der Waals surface area contributed by atoms with E-state index in [1.165, 1.54) is 0 Å². The van der Waals surface area contributed by atoms with Crippen LogP contribution in [0.2, 0.25) is 0 Å². The number of hydrogen-bond donors (Lipinski definition) is 4. The van der Waals surface area contributed by atoms with E-state index in [-0.39, 0.29) is 47.1 Å². The highest BCUT2D eigenvalue weighted by Gasteiger charge is 2.67. The summed E-state index contributed by atoms with van der Waals surface area (Å²) >= 11 is 0. The molecule has 4 nitrogen and oxygen atoms in total. The molecule has 174 valence electrons. The number of rotatable bonds is 4. The molecule has 4 rings (SSSR count). The lowest BCUT2D eigenvalue weighted by Gasteiger charge is -2.65. The highest BCUT2D eigenvalue weighted by Crippen LogP contribution is 2.69. The molecular formula is C26H46O4. The average molecular weight is 423 g/mol. The van der Waals surface area contributed by atoms with Crippen LogP contribution in [0, 0.1) is 52.3 Å². The lowest BCUT2D eigenvalue weighted by Crippen LogP contribution is -2.65. The fraction of sp³-hybridized carbons (Fsp3) is 1.00. The van der Waals surface area contributed by atoms with Crippen molar-refractivity contribution in [2.75, 3.05) is 0 Å². The van der Waals surface area contributed by atoms with Gasteiger partial charge in [-0.2, -0.15) is 0 Å². The highest BCUT2D eigenvalue weighted by molar-refractivity contribution is 5.15. The molecule has 4 aliphatic carbocycles. The molecule has 13 atom stereocenters. The zero-order valence-corrected chi connectivity index (χ0v) is 19.8. The quantitative estimate of drug-likeness (QED) is 0.552. The number of hydrogen-bond acceptors (Lipinski definition) is 4. The molecule has 0 bridgehead atoms. The van der Waals surface area contributed by atoms with Crippen molar-refractivity contribution >= 4 is 0 Å². The Kier molecular flexibility index (Phi) is 6.14. The summed E-state index contributed by atoms with van der Waals surface area (Å²) in [5.41, 5.74) is -0.0679. The van der Waals surface area contributed by atoms with Gasteiger partial charge in [0.2, 0.25) is 0 Å². The van der Waals surface area contributed by atoms with Crippen molar-refractivity contribution < 1.29 is 20.4 Å². The predicted octanol–water partition coefficient (Wildman–Crippen LogP) is 3.99. The average Bonchev–Trinajstić information content (AvgIpc) is 3.02. The minimum absolute atomic E-state index is 0.107. The Balaban J connectivity index is 1.70. The van der Waals surface area contributed by atoms with Crippen molar-refractivity contribution in [1.82, 2.24) is 0 Å². The van der Waals surface area contributed by atoms with Crippen LogP contribution in [0.15, 0.2) is 0 Å². The van der Waals surface area contributed by atoms with Gasteiger partial charge >= 0.3 is 0 Å². The fourth-order valence-corrected chi connectivity index (χ4v) is 9.59. The first-order valence-electron chi connectivity index (χ1n) is 12.8. The van der Waals surface area contributed by atoms with Gasteiger partial charge in [0.25, 0.3) is 0 Å². The lowest BCUT2D eigenvalue weighted by molar-refractivity contribution is -0.228. The first-order chi connectivity index (χ1) is 14.1. The molecule has 0 aromatic rings. The first kappa shape index (κ1) is 23.0. The van der Waals surface area contributed by atoms with E-state index in [9.17, 15) is 20.4 Å². The Hall–Kier alpha value is -0.160. The van der Waals surface area contributed by atoms with E-state index in [1.54, 1.807) is 0 Å². The molecule has 0 amide bonds. The molecule has 0 saturated heterocycles. The molecule has 0 aromatic carbocycles. The summed E-state index contributed by atoms with van der Waals surface area (Å²) in [6.07, 6.45) is 6.16. The van der Waals surface area contributed by atoms with Crippen molar-refractivity contribution in [3.63, 3.8) is 0 Å². The zero-order chi connectivity index (χ0) is 22.0. The van der Waals surface area contributed by atoms with Crippen LogP contribution in [0.25, 0.3) is 0 Å². The Morgan fingerprint density at radius 1 is 0.933 bits per heavy atom. The maximum absolute atomic E-state index is 11.7. The lowest BCUT2D eigenvalue weighted by atomic mass is 9.41. The van der Waals surface area contributed by atoms with Crippen LogP contribution < -0.4 is 0 Å². The third-order valence-corrected chi connectivity index (χ3v) is 11.0. The van der Waals surface area contributed by atoms with E-state index in [0.29, 0.717) is 29.6 Å². The van der Waals surface area contributed by atoms with Crippen LogP contribution in [0.1, 0.15) is 86.0 Å². The molecule has 0 radical (unpaired) electrons. The molecular weight excluding hydrogens is 376 g/mol. The van der Waals surface area contributed by atoms with Crippen LogP contribution in [0.5, 0.6) is 0 Å². The van der Waals surface area contributed by atoms with Gasteiger partial charge in [0.1, 0.15) is 0 Å². The number of aliphatic hydroxyl groups excluding tert-OH is 4. The van der Waals surface area contributed by atoms with E-state index in [4.69, 9.17) is 0 Å². The van der Waals surface area contributed by atoms with Crippen LogP contribution >= 0.6 is 0 Å². The molecule has 0 spiro atoms. The molecule has 0 aromatic heterocycles. The Labute approximate surface area is 183 Å². The third kappa shape index (κ3) is 3.23. The minimum atomic E-state index is -0.345. The number of aliphatic hydroxyl groups is 4. The Morgan fingerprint density at radius 2 is 1.63 bits per heavy atom. The van der Waals surface area contributed by atoms with Gasteiger partial charge in [-0.15, -0.1) is 0 Å². The van der Waals surface area contributed by atoms with Gasteiger partial charge in [0, 0.05) is 0 Å². The maximum Gasteiger partial charge on any atom is 0.0605 e.